The van der Waals surface area contributed by atoms with E-state index in [0.717, 1.165) is 27.8 Å². The van der Waals surface area contributed by atoms with Crippen LogP contribution in [0.5, 0.6) is 0 Å². The van der Waals surface area contributed by atoms with Crippen molar-refractivity contribution in [1.82, 2.24) is 24.5 Å². The zero-order valence-electron chi connectivity index (χ0n) is 15.2. The van der Waals surface area contributed by atoms with Gasteiger partial charge < -0.3 is 14.9 Å². The number of aromatic nitrogens is 5. The Labute approximate surface area is 170 Å². The lowest BCUT2D eigenvalue weighted by Crippen LogP contribution is -2.10. The van der Waals surface area contributed by atoms with Crippen LogP contribution in [0.3, 0.4) is 0 Å². The number of nitrogens with zero attached hydrogens (tertiary/aromatic N) is 4. The van der Waals surface area contributed by atoms with E-state index in [1.54, 1.807) is 12.4 Å². The van der Waals surface area contributed by atoms with Gasteiger partial charge in [0.25, 0.3) is 0 Å². The van der Waals surface area contributed by atoms with Gasteiger partial charge in [-0.3, -0.25) is 0 Å². The Morgan fingerprint density at radius 3 is 2.90 bits per heavy atom. The number of halogens is 2. The molecule has 0 amide bonds. The molecule has 0 radical (unpaired) electrons. The van der Waals surface area contributed by atoms with Crippen molar-refractivity contribution < 1.29 is 4.39 Å². The minimum Gasteiger partial charge on any atom is -0.368 e. The van der Waals surface area contributed by atoms with E-state index in [1.165, 1.54) is 18.5 Å². The van der Waals surface area contributed by atoms with Crippen molar-refractivity contribution in [2.24, 2.45) is 0 Å². The number of nitrogens with one attached hydrogen (secondary N) is 2. The van der Waals surface area contributed by atoms with Gasteiger partial charge in [0, 0.05) is 34.8 Å². The molecule has 0 fully saturated rings. The molecule has 144 valence electrons. The normalized spacial score (nSPS) is 11.4. The van der Waals surface area contributed by atoms with Gasteiger partial charge in [0.2, 0.25) is 0 Å². The minimum atomic E-state index is -0.280. The van der Waals surface area contributed by atoms with E-state index in [9.17, 15) is 4.39 Å². The zero-order chi connectivity index (χ0) is 19.8. The van der Waals surface area contributed by atoms with Crippen LogP contribution in [0.2, 0.25) is 5.02 Å². The lowest BCUT2D eigenvalue weighted by Gasteiger charge is -2.12. The van der Waals surface area contributed by atoms with Crippen molar-refractivity contribution in [3.8, 4) is 5.69 Å². The quantitative estimate of drug-likeness (QED) is 0.442. The highest BCUT2D eigenvalue weighted by Crippen LogP contribution is 2.28. The van der Waals surface area contributed by atoms with Gasteiger partial charge in [0.1, 0.15) is 17.7 Å². The molecule has 0 unspecified atom stereocenters. The van der Waals surface area contributed by atoms with Gasteiger partial charge in [0.15, 0.2) is 11.5 Å². The summed E-state index contributed by atoms with van der Waals surface area (Å²) in [6.07, 6.45) is 3.77. The average Bonchev–Trinajstić information content (AvgIpc) is 3.32. The van der Waals surface area contributed by atoms with Gasteiger partial charge in [-0.15, -0.1) is 0 Å². The van der Waals surface area contributed by atoms with Crippen LogP contribution in [0.1, 0.15) is 5.69 Å². The molecule has 0 bridgehead atoms. The number of fused-ring (bicyclic) bond motifs is 2. The monoisotopic (exact) mass is 406 g/mol. The second kappa shape index (κ2) is 7.18. The molecular weight excluding hydrogens is 391 g/mol. The van der Waals surface area contributed by atoms with E-state index in [-0.39, 0.29) is 5.82 Å². The summed E-state index contributed by atoms with van der Waals surface area (Å²) in [4.78, 5) is 15.6. The Hall–Kier alpha value is -3.45. The first kappa shape index (κ1) is 17.6. The summed E-state index contributed by atoms with van der Waals surface area (Å²) in [5.74, 6) is 0.419. The Morgan fingerprint density at radius 2 is 2.00 bits per heavy atom. The van der Waals surface area contributed by atoms with Crippen molar-refractivity contribution in [3.63, 3.8) is 0 Å². The number of rotatable bonds is 5. The average molecular weight is 407 g/mol. The van der Waals surface area contributed by atoms with Gasteiger partial charge in [-0.05, 0) is 36.4 Å². The molecule has 0 saturated heterocycles. The van der Waals surface area contributed by atoms with Crippen molar-refractivity contribution >= 4 is 39.5 Å². The molecule has 0 aliphatic heterocycles. The van der Waals surface area contributed by atoms with Crippen LogP contribution in [0, 0.1) is 5.82 Å². The van der Waals surface area contributed by atoms with E-state index in [4.69, 9.17) is 11.6 Å². The molecule has 0 atom stereocenters. The molecule has 5 rings (SSSR count). The first-order valence-corrected chi connectivity index (χ1v) is 9.50. The van der Waals surface area contributed by atoms with E-state index in [1.807, 2.05) is 28.8 Å². The number of hydrogen-bond acceptors (Lipinski definition) is 4. The van der Waals surface area contributed by atoms with E-state index in [0.29, 0.717) is 29.5 Å². The molecule has 0 saturated carbocycles. The fourth-order valence-electron chi connectivity index (χ4n) is 3.54. The SMILES string of the molecule is Fc1cccc(-n2c(CCNc3ncnc4nc[nH]c34)cc3ccc(Cl)cc32)c1. The van der Waals surface area contributed by atoms with Gasteiger partial charge in [-0.25, -0.2) is 19.3 Å². The van der Waals surface area contributed by atoms with Crippen LogP contribution in [0.4, 0.5) is 10.2 Å². The van der Waals surface area contributed by atoms with Crippen molar-refractivity contribution in [2.45, 2.75) is 6.42 Å². The minimum absolute atomic E-state index is 0.280. The summed E-state index contributed by atoms with van der Waals surface area (Å²) in [5, 5.41) is 5.02. The highest BCUT2D eigenvalue weighted by molar-refractivity contribution is 6.31. The predicted octanol–water partition coefficient (Wildman–Crippen LogP) is 4.74. The number of imidazole rings is 1. The lowest BCUT2D eigenvalue weighted by molar-refractivity contribution is 0.626. The summed E-state index contributed by atoms with van der Waals surface area (Å²) in [7, 11) is 0. The number of hydrogen-bond donors (Lipinski definition) is 2. The summed E-state index contributed by atoms with van der Waals surface area (Å²) in [5.41, 5.74) is 4.12. The molecule has 3 heterocycles. The van der Waals surface area contributed by atoms with E-state index in [2.05, 4.69) is 31.3 Å². The number of anilines is 1. The van der Waals surface area contributed by atoms with Crippen molar-refractivity contribution in [1.29, 1.82) is 0 Å². The highest BCUT2D eigenvalue weighted by atomic mass is 35.5. The lowest BCUT2D eigenvalue weighted by atomic mass is 10.2. The maximum absolute atomic E-state index is 13.9. The van der Waals surface area contributed by atoms with Gasteiger partial charge in [0.05, 0.1) is 11.8 Å². The Balaban J connectivity index is 1.49. The summed E-state index contributed by atoms with van der Waals surface area (Å²) in [6, 6.07) is 14.4. The second-order valence-electron chi connectivity index (χ2n) is 6.65. The Bertz CT molecular complexity index is 1330. The third-order valence-corrected chi connectivity index (χ3v) is 5.04. The zero-order valence-corrected chi connectivity index (χ0v) is 16.0. The van der Waals surface area contributed by atoms with Crippen LogP contribution in [0.15, 0.2) is 61.2 Å². The highest BCUT2D eigenvalue weighted by Gasteiger charge is 2.12. The first-order valence-electron chi connectivity index (χ1n) is 9.13. The number of aromatic amines is 1. The maximum atomic E-state index is 13.9. The summed E-state index contributed by atoms with van der Waals surface area (Å²) in [6.45, 7) is 0.629. The molecule has 0 spiro atoms. The molecule has 2 aromatic carbocycles. The maximum Gasteiger partial charge on any atom is 0.182 e. The van der Waals surface area contributed by atoms with Crippen LogP contribution in [-0.4, -0.2) is 31.0 Å². The molecule has 2 N–H and O–H groups in total. The van der Waals surface area contributed by atoms with Gasteiger partial charge >= 0.3 is 0 Å². The fraction of sp³-hybridized carbons (Fsp3) is 0.0952. The fourth-order valence-corrected chi connectivity index (χ4v) is 3.71. The molecule has 0 aliphatic rings. The molecule has 5 aromatic rings. The Kier molecular flexibility index (Phi) is 4.37. The number of benzene rings is 2. The first-order chi connectivity index (χ1) is 14.2. The molecular formula is C21H16ClFN6. The largest absolute Gasteiger partial charge is 0.368 e. The van der Waals surface area contributed by atoms with E-state index >= 15 is 0 Å². The van der Waals surface area contributed by atoms with Gasteiger partial charge in [-0.1, -0.05) is 23.7 Å². The number of H-pyrrole nitrogens is 1. The summed E-state index contributed by atoms with van der Waals surface area (Å²) < 4.78 is 15.9. The molecule has 3 aromatic heterocycles. The molecule has 8 heteroatoms. The smallest absolute Gasteiger partial charge is 0.182 e. The van der Waals surface area contributed by atoms with Crippen LogP contribution < -0.4 is 5.32 Å². The molecule has 29 heavy (non-hydrogen) atoms. The molecule has 0 aliphatic carbocycles. The van der Waals surface area contributed by atoms with Gasteiger partial charge in [-0.2, -0.15) is 0 Å². The van der Waals surface area contributed by atoms with Crippen molar-refractivity contribution in [3.05, 3.63) is 77.7 Å². The predicted molar refractivity (Wildman–Crippen MR) is 112 cm³/mol. The second-order valence-corrected chi connectivity index (χ2v) is 7.09. The third kappa shape index (κ3) is 3.30. The standard InChI is InChI=1S/C21H16ClFN6/c22-14-5-4-13-8-17(29(18(13)9-14)16-3-1-2-15(23)10-16)6-7-24-20-19-21(26-11-25-19)28-12-27-20/h1-5,8-12H,6-7H2,(H2,24,25,26,27,28). The summed E-state index contributed by atoms with van der Waals surface area (Å²) >= 11 is 6.22. The van der Waals surface area contributed by atoms with E-state index < -0.39 is 0 Å². The topological polar surface area (TPSA) is 71.4 Å². The Morgan fingerprint density at radius 1 is 1.07 bits per heavy atom. The molecule has 6 nitrogen and oxygen atoms in total. The van der Waals surface area contributed by atoms with Crippen LogP contribution >= 0.6 is 11.6 Å². The van der Waals surface area contributed by atoms with Crippen molar-refractivity contribution in [2.75, 3.05) is 11.9 Å². The van der Waals surface area contributed by atoms with Crippen LogP contribution in [0.25, 0.3) is 27.8 Å². The third-order valence-electron chi connectivity index (χ3n) is 4.81. The van der Waals surface area contributed by atoms with Crippen LogP contribution in [-0.2, 0) is 6.42 Å².